The number of carbonyl (C=O) groups is 1. The van der Waals surface area contributed by atoms with E-state index in [1.54, 1.807) is 25.9 Å². The van der Waals surface area contributed by atoms with Gasteiger partial charge in [0.15, 0.2) is 0 Å². The molecule has 0 aliphatic carbocycles. The number of thiophene rings is 1. The first kappa shape index (κ1) is 18.1. The molecule has 0 N–H and O–H groups in total. The highest BCUT2D eigenvalue weighted by molar-refractivity contribution is 7.20. The molecule has 0 unspecified atom stereocenters. The fourth-order valence-electron chi connectivity index (χ4n) is 2.79. The van der Waals surface area contributed by atoms with Gasteiger partial charge in [-0.1, -0.05) is 12.1 Å². The van der Waals surface area contributed by atoms with Crippen molar-refractivity contribution in [3.05, 3.63) is 57.0 Å². The van der Waals surface area contributed by atoms with Crippen molar-refractivity contribution in [1.29, 1.82) is 0 Å². The molecule has 7 heteroatoms. The molecule has 3 aromatic rings. The van der Waals surface area contributed by atoms with Crippen molar-refractivity contribution in [3.63, 3.8) is 0 Å². The molecule has 136 valence electrons. The van der Waals surface area contributed by atoms with E-state index >= 15 is 0 Å². The molecule has 0 radical (unpaired) electrons. The zero-order valence-corrected chi connectivity index (χ0v) is 16.1. The Morgan fingerprint density at radius 1 is 1.31 bits per heavy atom. The summed E-state index contributed by atoms with van der Waals surface area (Å²) >= 11 is 1.27. The number of amides is 1. The fourth-order valence-corrected chi connectivity index (χ4v) is 3.92. The average Bonchev–Trinajstić information content (AvgIpc) is 2.96. The molecule has 0 bridgehead atoms. The van der Waals surface area contributed by atoms with Crippen LogP contribution in [0, 0.1) is 6.92 Å². The highest BCUT2D eigenvalue weighted by Gasteiger charge is 2.21. The van der Waals surface area contributed by atoms with Crippen molar-refractivity contribution in [1.82, 2.24) is 14.5 Å². The van der Waals surface area contributed by atoms with E-state index in [0.717, 1.165) is 11.3 Å². The van der Waals surface area contributed by atoms with Crippen LogP contribution in [0.15, 0.2) is 35.4 Å². The molecule has 2 heterocycles. The summed E-state index contributed by atoms with van der Waals surface area (Å²) in [5, 5.41) is 0.526. The van der Waals surface area contributed by atoms with E-state index in [4.69, 9.17) is 4.74 Å². The van der Waals surface area contributed by atoms with Crippen LogP contribution >= 0.6 is 11.3 Å². The topological polar surface area (TPSA) is 64.4 Å². The number of benzene rings is 1. The Balaban J connectivity index is 1.84. The summed E-state index contributed by atoms with van der Waals surface area (Å²) in [5.41, 5.74) is 1.58. The van der Waals surface area contributed by atoms with E-state index in [0.29, 0.717) is 33.8 Å². The Labute approximate surface area is 155 Å². The number of ether oxygens (including phenoxy) is 1. The highest BCUT2D eigenvalue weighted by atomic mass is 32.1. The van der Waals surface area contributed by atoms with E-state index in [9.17, 15) is 9.59 Å². The van der Waals surface area contributed by atoms with Crippen molar-refractivity contribution >= 4 is 27.5 Å². The van der Waals surface area contributed by atoms with Gasteiger partial charge in [-0.05, 0) is 37.1 Å². The third-order valence-electron chi connectivity index (χ3n) is 4.21. The predicted octanol–water partition coefficient (Wildman–Crippen LogP) is 2.97. The minimum Gasteiger partial charge on any atom is -0.494 e. The number of hydrogen-bond donors (Lipinski definition) is 0. The molecule has 26 heavy (non-hydrogen) atoms. The van der Waals surface area contributed by atoms with E-state index in [-0.39, 0.29) is 11.5 Å². The lowest BCUT2D eigenvalue weighted by atomic mass is 10.1. The summed E-state index contributed by atoms with van der Waals surface area (Å²) in [6, 6.07) is 7.69. The Hall–Kier alpha value is -2.67. The van der Waals surface area contributed by atoms with Gasteiger partial charge in [0.2, 0.25) is 0 Å². The molecular formula is C19H21N3O3S. The minimum absolute atomic E-state index is 0.110. The second-order valence-corrected chi connectivity index (χ2v) is 7.13. The van der Waals surface area contributed by atoms with Gasteiger partial charge in [0.25, 0.3) is 11.5 Å². The van der Waals surface area contributed by atoms with Gasteiger partial charge in [0, 0.05) is 20.6 Å². The molecule has 0 atom stereocenters. The van der Waals surface area contributed by atoms with Crippen molar-refractivity contribution in [2.45, 2.75) is 20.4 Å². The summed E-state index contributed by atoms with van der Waals surface area (Å²) in [4.78, 5) is 32.3. The molecule has 0 spiro atoms. The van der Waals surface area contributed by atoms with E-state index in [1.165, 1.54) is 22.2 Å². The number of hydrogen-bond acceptors (Lipinski definition) is 5. The maximum atomic E-state index is 12.9. The first-order valence-electron chi connectivity index (χ1n) is 8.34. The van der Waals surface area contributed by atoms with Crippen LogP contribution < -0.4 is 10.3 Å². The molecule has 3 rings (SSSR count). The van der Waals surface area contributed by atoms with Gasteiger partial charge >= 0.3 is 0 Å². The van der Waals surface area contributed by atoms with Crippen LogP contribution in [-0.2, 0) is 13.6 Å². The lowest BCUT2D eigenvalue weighted by Crippen LogP contribution is -2.26. The molecule has 0 saturated heterocycles. The molecule has 0 fully saturated rings. The molecule has 2 aromatic heterocycles. The molecule has 0 aliphatic heterocycles. The van der Waals surface area contributed by atoms with Crippen LogP contribution in [-0.4, -0.2) is 34.0 Å². The first-order valence-corrected chi connectivity index (χ1v) is 9.16. The number of fused-ring (bicyclic) bond motifs is 1. The quantitative estimate of drug-likeness (QED) is 0.692. The Kier molecular flexibility index (Phi) is 5.08. The van der Waals surface area contributed by atoms with Crippen LogP contribution in [0.5, 0.6) is 5.75 Å². The Bertz CT molecular complexity index is 1010. The maximum absolute atomic E-state index is 12.9. The van der Waals surface area contributed by atoms with Crippen LogP contribution in [0.3, 0.4) is 0 Å². The average molecular weight is 371 g/mol. The van der Waals surface area contributed by atoms with Gasteiger partial charge in [-0.15, -0.1) is 11.3 Å². The number of carbonyl (C=O) groups excluding carboxylic acids is 1. The van der Waals surface area contributed by atoms with Gasteiger partial charge < -0.3 is 14.2 Å². The number of nitrogens with zero attached hydrogens (tertiary/aromatic N) is 3. The standard InChI is InChI=1S/C19H21N3O3S/c1-5-25-14-8-6-13(7-9-14)10-21(3)19(24)16-12(2)15-17(26-16)20-11-22(4)18(15)23/h6-9,11H,5,10H2,1-4H3. The fraction of sp³-hybridized carbons (Fsp3) is 0.316. The van der Waals surface area contributed by atoms with Gasteiger partial charge in [-0.3, -0.25) is 9.59 Å². The molecule has 1 amide bonds. The van der Waals surface area contributed by atoms with E-state index in [1.807, 2.05) is 31.2 Å². The molecular weight excluding hydrogens is 350 g/mol. The first-order chi connectivity index (χ1) is 12.4. The largest absolute Gasteiger partial charge is 0.494 e. The lowest BCUT2D eigenvalue weighted by Gasteiger charge is -2.17. The van der Waals surface area contributed by atoms with Crippen LogP contribution in [0.25, 0.3) is 10.2 Å². The Morgan fingerprint density at radius 3 is 2.65 bits per heavy atom. The number of aryl methyl sites for hydroxylation is 2. The summed E-state index contributed by atoms with van der Waals surface area (Å²) in [7, 11) is 3.42. The molecule has 6 nitrogen and oxygen atoms in total. The normalized spacial score (nSPS) is 10.9. The monoisotopic (exact) mass is 371 g/mol. The van der Waals surface area contributed by atoms with Gasteiger partial charge in [0.05, 0.1) is 23.2 Å². The van der Waals surface area contributed by atoms with Gasteiger partial charge in [0.1, 0.15) is 10.6 Å². The summed E-state index contributed by atoms with van der Waals surface area (Å²) in [6.45, 7) is 4.84. The molecule has 0 saturated carbocycles. The van der Waals surface area contributed by atoms with Gasteiger partial charge in [-0.25, -0.2) is 4.98 Å². The zero-order valence-electron chi connectivity index (χ0n) is 15.3. The van der Waals surface area contributed by atoms with E-state index in [2.05, 4.69) is 4.98 Å². The van der Waals surface area contributed by atoms with Crippen molar-refractivity contribution in [2.24, 2.45) is 7.05 Å². The van der Waals surface area contributed by atoms with Crippen molar-refractivity contribution in [3.8, 4) is 5.75 Å². The van der Waals surface area contributed by atoms with Crippen molar-refractivity contribution < 1.29 is 9.53 Å². The van der Waals surface area contributed by atoms with Gasteiger partial charge in [-0.2, -0.15) is 0 Å². The van der Waals surface area contributed by atoms with Crippen LogP contribution in [0.1, 0.15) is 27.7 Å². The summed E-state index contributed by atoms with van der Waals surface area (Å²) in [6.07, 6.45) is 1.48. The van der Waals surface area contributed by atoms with Crippen molar-refractivity contribution in [2.75, 3.05) is 13.7 Å². The second kappa shape index (κ2) is 7.29. The summed E-state index contributed by atoms with van der Waals surface area (Å²) < 4.78 is 6.87. The number of aromatic nitrogens is 2. The SMILES string of the molecule is CCOc1ccc(CN(C)C(=O)c2sc3ncn(C)c(=O)c3c2C)cc1. The zero-order chi connectivity index (χ0) is 18.8. The number of rotatable bonds is 5. The maximum Gasteiger partial charge on any atom is 0.264 e. The highest BCUT2D eigenvalue weighted by Crippen LogP contribution is 2.28. The third-order valence-corrected chi connectivity index (χ3v) is 5.39. The lowest BCUT2D eigenvalue weighted by molar-refractivity contribution is 0.0789. The second-order valence-electron chi connectivity index (χ2n) is 6.14. The third kappa shape index (κ3) is 3.35. The minimum atomic E-state index is -0.128. The van der Waals surface area contributed by atoms with Crippen LogP contribution in [0.2, 0.25) is 0 Å². The Morgan fingerprint density at radius 2 is 2.00 bits per heavy atom. The molecule has 0 aliphatic rings. The molecule has 1 aromatic carbocycles. The predicted molar refractivity (Wildman–Crippen MR) is 103 cm³/mol. The smallest absolute Gasteiger partial charge is 0.264 e. The summed E-state index contributed by atoms with van der Waals surface area (Å²) in [5.74, 6) is 0.703. The van der Waals surface area contributed by atoms with Crippen LogP contribution in [0.4, 0.5) is 0 Å². The van der Waals surface area contributed by atoms with E-state index < -0.39 is 0 Å².